The fraction of sp³-hybridized carbons (Fsp3) is 0.400. The molecular weight excluding hydrogens is 404 g/mol. The van der Waals surface area contributed by atoms with Gasteiger partial charge in [-0.1, -0.05) is 30.7 Å². The van der Waals surface area contributed by atoms with Gasteiger partial charge in [-0.15, -0.1) is 16.4 Å². The highest BCUT2D eigenvalue weighted by atomic mass is 32.2. The third kappa shape index (κ3) is 3.95. The molecule has 0 radical (unpaired) electrons. The number of hydrogen-bond acceptors (Lipinski definition) is 6. The van der Waals surface area contributed by atoms with Gasteiger partial charge < -0.3 is 9.88 Å². The zero-order valence-electron chi connectivity index (χ0n) is 16.4. The number of thiophene rings is 1. The molecule has 0 atom stereocenters. The van der Waals surface area contributed by atoms with Gasteiger partial charge in [0.15, 0.2) is 5.82 Å². The maximum atomic E-state index is 12.7. The molecule has 9 heteroatoms. The van der Waals surface area contributed by atoms with Gasteiger partial charge in [0.25, 0.3) is 0 Å². The summed E-state index contributed by atoms with van der Waals surface area (Å²) in [5, 5.41) is 22.2. The van der Waals surface area contributed by atoms with Gasteiger partial charge in [0, 0.05) is 11.7 Å². The van der Waals surface area contributed by atoms with Crippen LogP contribution in [0.5, 0.6) is 0 Å². The Morgan fingerprint density at radius 1 is 1.45 bits per heavy atom. The van der Waals surface area contributed by atoms with E-state index in [2.05, 4.69) is 31.1 Å². The molecule has 0 unspecified atom stereocenters. The molecule has 0 bridgehead atoms. The topological polar surface area (TPSA) is 99.4 Å². The summed E-state index contributed by atoms with van der Waals surface area (Å²) in [5.41, 5.74) is 2.56. The van der Waals surface area contributed by atoms with E-state index in [1.54, 1.807) is 11.3 Å². The largest absolute Gasteiger partial charge is 0.327 e. The standard InChI is InChI=1S/C20H22N6OS2/c1-12-13(2)26(14-6-3-4-7-14)19(15(12)10-21)22-17(27)11-29-20-23-18(24-25-20)16-8-5-9-28-16/h5,8-9,14H,3-4,6-7,11H2,1-2H3,(H,22,27)(H,23,24,25). The van der Waals surface area contributed by atoms with Crippen molar-refractivity contribution in [1.29, 1.82) is 5.26 Å². The fourth-order valence-corrected chi connectivity index (χ4v) is 5.10. The molecule has 3 aromatic rings. The molecule has 0 spiro atoms. The molecule has 3 heterocycles. The Bertz CT molecular complexity index is 1050. The fourth-order valence-electron chi connectivity index (χ4n) is 3.84. The summed E-state index contributed by atoms with van der Waals surface area (Å²) >= 11 is 2.86. The Balaban J connectivity index is 1.47. The third-order valence-corrected chi connectivity index (χ3v) is 7.09. The van der Waals surface area contributed by atoms with E-state index in [0.29, 0.717) is 28.4 Å². The number of nitrogens with one attached hydrogen (secondary N) is 2. The molecule has 1 amide bonds. The molecule has 3 aromatic heterocycles. The Labute approximate surface area is 177 Å². The smallest absolute Gasteiger partial charge is 0.235 e. The van der Waals surface area contributed by atoms with Crippen molar-refractivity contribution in [3.05, 3.63) is 34.3 Å². The molecule has 0 aromatic carbocycles. The van der Waals surface area contributed by atoms with Crippen LogP contribution >= 0.6 is 23.1 Å². The molecule has 29 heavy (non-hydrogen) atoms. The minimum atomic E-state index is -0.161. The van der Waals surface area contributed by atoms with Crippen molar-refractivity contribution in [1.82, 2.24) is 19.7 Å². The van der Waals surface area contributed by atoms with Gasteiger partial charge in [-0.05, 0) is 43.7 Å². The summed E-state index contributed by atoms with van der Waals surface area (Å²) in [6.07, 6.45) is 4.54. The van der Waals surface area contributed by atoms with E-state index in [0.717, 1.165) is 29.0 Å². The number of thioether (sulfide) groups is 1. The van der Waals surface area contributed by atoms with E-state index in [1.165, 1.54) is 24.6 Å². The lowest BCUT2D eigenvalue weighted by Crippen LogP contribution is -2.19. The summed E-state index contributed by atoms with van der Waals surface area (Å²) in [5.74, 6) is 1.36. The molecule has 4 rings (SSSR count). The number of anilines is 1. The molecule has 1 saturated carbocycles. The third-order valence-electron chi connectivity index (χ3n) is 5.37. The van der Waals surface area contributed by atoms with Crippen molar-refractivity contribution in [3.8, 4) is 16.8 Å². The second-order valence-corrected chi connectivity index (χ2v) is 9.03. The first-order chi connectivity index (χ1) is 14.1. The van der Waals surface area contributed by atoms with Crippen LogP contribution in [-0.4, -0.2) is 31.4 Å². The van der Waals surface area contributed by atoms with E-state index in [4.69, 9.17) is 0 Å². The molecule has 1 fully saturated rings. The lowest BCUT2D eigenvalue weighted by molar-refractivity contribution is -0.113. The first kappa shape index (κ1) is 19.7. The van der Waals surface area contributed by atoms with Gasteiger partial charge in [-0.2, -0.15) is 5.26 Å². The van der Waals surface area contributed by atoms with Gasteiger partial charge in [0.1, 0.15) is 11.9 Å². The highest BCUT2D eigenvalue weighted by molar-refractivity contribution is 7.99. The summed E-state index contributed by atoms with van der Waals surface area (Å²) in [4.78, 5) is 18.1. The van der Waals surface area contributed by atoms with Crippen LogP contribution in [0.25, 0.3) is 10.7 Å². The maximum absolute atomic E-state index is 12.7. The van der Waals surface area contributed by atoms with Crippen LogP contribution < -0.4 is 5.32 Å². The van der Waals surface area contributed by atoms with Crippen molar-refractivity contribution in [3.63, 3.8) is 0 Å². The van der Waals surface area contributed by atoms with Crippen LogP contribution in [0.15, 0.2) is 22.7 Å². The summed E-state index contributed by atoms with van der Waals surface area (Å²) in [6, 6.07) is 6.55. The number of amides is 1. The van der Waals surface area contributed by atoms with Crippen LogP contribution in [0.1, 0.15) is 48.5 Å². The lowest BCUT2D eigenvalue weighted by atomic mass is 10.2. The quantitative estimate of drug-likeness (QED) is 0.558. The van der Waals surface area contributed by atoms with Crippen LogP contribution in [0.3, 0.4) is 0 Å². The Kier molecular flexibility index (Phi) is 5.74. The Morgan fingerprint density at radius 2 is 2.24 bits per heavy atom. The molecule has 2 N–H and O–H groups in total. The van der Waals surface area contributed by atoms with Crippen molar-refractivity contribution < 1.29 is 4.79 Å². The van der Waals surface area contributed by atoms with Crippen LogP contribution in [0, 0.1) is 25.2 Å². The highest BCUT2D eigenvalue weighted by Gasteiger charge is 2.26. The first-order valence-electron chi connectivity index (χ1n) is 9.59. The van der Waals surface area contributed by atoms with E-state index < -0.39 is 0 Å². The van der Waals surface area contributed by atoms with Crippen molar-refractivity contribution in [2.45, 2.75) is 50.7 Å². The van der Waals surface area contributed by atoms with Crippen molar-refractivity contribution in [2.75, 3.05) is 11.1 Å². The average Bonchev–Trinajstić information content (AvgIpc) is 3.50. The Hall–Kier alpha value is -2.57. The molecule has 0 saturated heterocycles. The number of rotatable bonds is 6. The number of nitriles is 1. The zero-order chi connectivity index (χ0) is 20.4. The Morgan fingerprint density at radius 3 is 2.93 bits per heavy atom. The van der Waals surface area contributed by atoms with Crippen LogP contribution in [-0.2, 0) is 4.79 Å². The van der Waals surface area contributed by atoms with Gasteiger partial charge in [0.05, 0.1) is 16.2 Å². The molecule has 1 aliphatic carbocycles. The molecular formula is C20H22N6OS2. The zero-order valence-corrected chi connectivity index (χ0v) is 18.0. The van der Waals surface area contributed by atoms with Gasteiger partial charge in [-0.25, -0.2) is 4.98 Å². The van der Waals surface area contributed by atoms with Crippen LogP contribution in [0.4, 0.5) is 5.82 Å². The number of aromatic amines is 1. The normalized spacial score (nSPS) is 14.2. The monoisotopic (exact) mass is 426 g/mol. The van der Waals surface area contributed by atoms with E-state index in [1.807, 2.05) is 31.4 Å². The van der Waals surface area contributed by atoms with Crippen LogP contribution in [0.2, 0.25) is 0 Å². The predicted molar refractivity (Wildman–Crippen MR) is 115 cm³/mol. The van der Waals surface area contributed by atoms with E-state index >= 15 is 0 Å². The second-order valence-electron chi connectivity index (χ2n) is 7.13. The predicted octanol–water partition coefficient (Wildman–Crippen LogP) is 4.67. The van der Waals surface area contributed by atoms with E-state index in [-0.39, 0.29) is 11.7 Å². The van der Waals surface area contributed by atoms with Crippen molar-refractivity contribution >= 4 is 34.8 Å². The number of carbonyl (C=O) groups excluding carboxylic acids is 1. The van der Waals surface area contributed by atoms with Gasteiger partial charge in [-0.3, -0.25) is 9.89 Å². The number of aromatic nitrogens is 4. The summed E-state index contributed by atoms with van der Waals surface area (Å²) < 4.78 is 2.16. The molecule has 0 aliphatic heterocycles. The maximum Gasteiger partial charge on any atom is 0.235 e. The average molecular weight is 427 g/mol. The number of hydrogen-bond donors (Lipinski definition) is 2. The number of H-pyrrole nitrogens is 1. The molecule has 150 valence electrons. The summed E-state index contributed by atoms with van der Waals surface area (Å²) in [7, 11) is 0. The highest BCUT2D eigenvalue weighted by Crippen LogP contribution is 2.37. The lowest BCUT2D eigenvalue weighted by Gasteiger charge is -2.19. The minimum Gasteiger partial charge on any atom is -0.327 e. The SMILES string of the molecule is Cc1c(C#N)c(NC(=O)CSc2n[nH]c(-c3cccs3)n2)n(C2CCCC2)c1C. The number of carbonyl (C=O) groups is 1. The van der Waals surface area contributed by atoms with Gasteiger partial charge in [0.2, 0.25) is 11.1 Å². The first-order valence-corrected chi connectivity index (χ1v) is 11.5. The number of nitrogens with zero attached hydrogens (tertiary/aromatic N) is 4. The van der Waals surface area contributed by atoms with E-state index in [9.17, 15) is 10.1 Å². The molecule has 1 aliphatic rings. The summed E-state index contributed by atoms with van der Waals surface area (Å²) in [6.45, 7) is 3.97. The van der Waals surface area contributed by atoms with Crippen molar-refractivity contribution in [2.24, 2.45) is 0 Å². The second kappa shape index (κ2) is 8.43. The minimum absolute atomic E-state index is 0.161. The van der Waals surface area contributed by atoms with Gasteiger partial charge >= 0.3 is 0 Å². The molecule has 7 nitrogen and oxygen atoms in total.